The molecule has 0 bridgehead atoms. The van der Waals surface area contributed by atoms with E-state index in [9.17, 15) is 0 Å². The highest BCUT2D eigenvalue weighted by molar-refractivity contribution is 7.95. The lowest BCUT2D eigenvalue weighted by Crippen LogP contribution is -2.33. The molecule has 0 fully saturated rings. The van der Waals surface area contributed by atoms with E-state index >= 15 is 0 Å². The Morgan fingerprint density at radius 3 is 1.43 bits per heavy atom. The van der Waals surface area contributed by atoms with Crippen LogP contribution >= 0.6 is 7.26 Å². The van der Waals surface area contributed by atoms with Crippen molar-refractivity contribution in [1.82, 2.24) is 0 Å². The summed E-state index contributed by atoms with van der Waals surface area (Å²) < 4.78 is 10.9. The molecule has 28 heavy (non-hydrogen) atoms. The maximum atomic E-state index is 5.43. The Balaban J connectivity index is 1.99. The molecule has 3 aromatic rings. The van der Waals surface area contributed by atoms with Gasteiger partial charge in [-0.3, -0.25) is 0 Å². The van der Waals surface area contributed by atoms with E-state index in [0.29, 0.717) is 0 Å². The van der Waals surface area contributed by atoms with Gasteiger partial charge in [0.1, 0.15) is 29.1 Å². The molecule has 4 heteroatoms. The van der Waals surface area contributed by atoms with Crippen molar-refractivity contribution in [3.05, 3.63) is 91.0 Å². The zero-order valence-electron chi connectivity index (χ0n) is 16.8. The molecule has 0 aliphatic carbocycles. The topological polar surface area (TPSA) is 18.5 Å². The second kappa shape index (κ2) is 10.7. The van der Waals surface area contributed by atoms with Crippen molar-refractivity contribution in [2.75, 3.05) is 20.4 Å². The first kappa shape index (κ1) is 20.9. The SMILES string of the molecule is COC(OC)[SiH2]CCC[P+](c1ccccc1)(c1ccccc1)c1ccccc1. The third-order valence-electron chi connectivity index (χ3n) is 5.30. The van der Waals surface area contributed by atoms with Crippen molar-refractivity contribution >= 4 is 32.7 Å². The van der Waals surface area contributed by atoms with E-state index < -0.39 is 16.8 Å². The van der Waals surface area contributed by atoms with Crippen molar-refractivity contribution in [3.8, 4) is 0 Å². The van der Waals surface area contributed by atoms with Gasteiger partial charge in [-0.1, -0.05) is 60.6 Å². The average Bonchev–Trinajstić information content (AvgIpc) is 2.78. The molecule has 0 saturated carbocycles. The smallest absolute Gasteiger partial charge is 0.134 e. The fourth-order valence-corrected chi connectivity index (χ4v) is 10.0. The Labute approximate surface area is 172 Å². The van der Waals surface area contributed by atoms with Crippen LogP contribution in [0.1, 0.15) is 6.42 Å². The Kier molecular flexibility index (Phi) is 7.99. The molecule has 0 amide bonds. The zero-order chi connectivity index (χ0) is 19.7. The van der Waals surface area contributed by atoms with Crippen molar-refractivity contribution in [1.29, 1.82) is 0 Å². The molecule has 3 aromatic carbocycles. The maximum absolute atomic E-state index is 5.43. The Hall–Kier alpha value is -1.77. The molecule has 0 aliphatic heterocycles. The summed E-state index contributed by atoms with van der Waals surface area (Å²) in [6.07, 6.45) is 2.38. The lowest BCUT2D eigenvalue weighted by Gasteiger charge is -2.28. The van der Waals surface area contributed by atoms with Crippen molar-refractivity contribution in [2.45, 2.75) is 18.4 Å². The van der Waals surface area contributed by atoms with Gasteiger partial charge in [0.2, 0.25) is 0 Å². The molecule has 0 unspecified atom stereocenters. The van der Waals surface area contributed by atoms with Crippen molar-refractivity contribution in [3.63, 3.8) is 0 Å². The Morgan fingerprint density at radius 2 is 1.07 bits per heavy atom. The molecule has 0 radical (unpaired) electrons. The van der Waals surface area contributed by atoms with E-state index in [1.54, 1.807) is 14.2 Å². The largest absolute Gasteiger partial charge is 0.360 e. The van der Waals surface area contributed by atoms with Crippen LogP contribution in [0.4, 0.5) is 0 Å². The minimum absolute atomic E-state index is 0.0258. The van der Waals surface area contributed by atoms with E-state index in [1.807, 2.05) is 0 Å². The van der Waals surface area contributed by atoms with E-state index in [1.165, 1.54) is 34.5 Å². The summed E-state index contributed by atoms with van der Waals surface area (Å²) in [6, 6.07) is 34.5. The van der Waals surface area contributed by atoms with Crippen LogP contribution in [0, 0.1) is 0 Å². The molecule has 0 aromatic heterocycles. The second-order valence-electron chi connectivity index (χ2n) is 6.94. The van der Waals surface area contributed by atoms with Gasteiger partial charge in [0, 0.05) is 14.2 Å². The fourth-order valence-electron chi connectivity index (χ4n) is 3.87. The highest BCUT2D eigenvalue weighted by Gasteiger charge is 2.44. The van der Waals surface area contributed by atoms with Gasteiger partial charge in [0.15, 0.2) is 0 Å². The monoisotopic (exact) mass is 409 g/mol. The third kappa shape index (κ3) is 4.79. The molecule has 0 N–H and O–H groups in total. The minimum atomic E-state index is -1.69. The summed E-state index contributed by atoms with van der Waals surface area (Å²) >= 11 is 0. The highest BCUT2D eigenvalue weighted by atomic mass is 31.2. The first-order valence-electron chi connectivity index (χ1n) is 9.92. The Bertz CT molecular complexity index is 711. The number of hydrogen-bond donors (Lipinski definition) is 0. The molecule has 146 valence electrons. The molecule has 0 atom stereocenters. The zero-order valence-corrected chi connectivity index (χ0v) is 19.1. The normalized spacial score (nSPS) is 12.1. The van der Waals surface area contributed by atoms with Gasteiger partial charge in [0.05, 0.1) is 15.7 Å². The number of hydrogen-bond acceptors (Lipinski definition) is 2. The number of methoxy groups -OCH3 is 2. The van der Waals surface area contributed by atoms with E-state index in [4.69, 9.17) is 9.47 Å². The molecule has 3 rings (SSSR count). The molecular weight excluding hydrogens is 379 g/mol. The molecule has 2 nitrogen and oxygen atoms in total. The Morgan fingerprint density at radius 1 is 0.679 bits per heavy atom. The van der Waals surface area contributed by atoms with Crippen LogP contribution in [0.2, 0.25) is 6.04 Å². The van der Waals surface area contributed by atoms with Crippen LogP contribution in [0.25, 0.3) is 0 Å². The summed E-state index contributed by atoms with van der Waals surface area (Å²) in [5.74, 6) is 0.0258. The summed E-state index contributed by atoms with van der Waals surface area (Å²) in [7, 11) is 1.39. The van der Waals surface area contributed by atoms with Gasteiger partial charge >= 0.3 is 0 Å². The first-order valence-corrected chi connectivity index (χ1v) is 13.7. The van der Waals surface area contributed by atoms with E-state index in [-0.39, 0.29) is 5.91 Å². The molecule has 0 aliphatic rings. The van der Waals surface area contributed by atoms with E-state index in [2.05, 4.69) is 91.0 Å². The molecular formula is C24H30O2PSi+. The lowest BCUT2D eigenvalue weighted by atomic mass is 10.4. The van der Waals surface area contributed by atoms with Gasteiger partial charge in [-0.15, -0.1) is 0 Å². The fraction of sp³-hybridized carbons (Fsp3) is 0.250. The predicted octanol–water partition coefficient (Wildman–Crippen LogP) is 3.53. The van der Waals surface area contributed by atoms with Crippen LogP contribution in [-0.2, 0) is 9.47 Å². The number of benzene rings is 3. The van der Waals surface area contributed by atoms with Crippen molar-refractivity contribution in [2.24, 2.45) is 0 Å². The van der Waals surface area contributed by atoms with Crippen LogP contribution < -0.4 is 15.9 Å². The molecule has 0 saturated heterocycles. The van der Waals surface area contributed by atoms with Crippen LogP contribution in [0.5, 0.6) is 0 Å². The first-order chi connectivity index (χ1) is 13.8. The van der Waals surface area contributed by atoms with Crippen molar-refractivity contribution < 1.29 is 9.47 Å². The second-order valence-corrected chi connectivity index (χ2v) is 12.5. The highest BCUT2D eigenvalue weighted by Crippen LogP contribution is 2.55. The minimum Gasteiger partial charge on any atom is -0.360 e. The quantitative estimate of drug-likeness (QED) is 0.221. The predicted molar refractivity (Wildman–Crippen MR) is 126 cm³/mol. The van der Waals surface area contributed by atoms with Crippen LogP contribution in [-0.4, -0.2) is 35.8 Å². The maximum Gasteiger partial charge on any atom is 0.134 e. The standard InChI is InChI=1S/C24H30O2PSi/c1-25-24(26-2)28-20-12-19-27(21-13-6-3-7-14-21,22-15-8-4-9-16-22)23-17-10-5-11-18-23/h3-11,13-18,24H,12,19-20,28H2,1-2H3/q+1. The summed E-state index contributed by atoms with van der Waals surface area (Å²) in [5.41, 5.74) is 0. The van der Waals surface area contributed by atoms with E-state index in [0.717, 1.165) is 0 Å². The van der Waals surface area contributed by atoms with Gasteiger partial charge in [-0.2, -0.15) is 0 Å². The third-order valence-corrected chi connectivity index (χ3v) is 11.9. The summed E-state index contributed by atoms with van der Waals surface area (Å²) in [4.78, 5) is 0. The summed E-state index contributed by atoms with van der Waals surface area (Å²) in [5, 5.41) is 4.39. The van der Waals surface area contributed by atoms with Gasteiger partial charge in [-0.05, 0) is 42.8 Å². The average molecular weight is 410 g/mol. The van der Waals surface area contributed by atoms with Crippen LogP contribution in [0.3, 0.4) is 0 Å². The van der Waals surface area contributed by atoms with Gasteiger partial charge < -0.3 is 9.47 Å². The lowest BCUT2D eigenvalue weighted by molar-refractivity contribution is -0.0441. The number of rotatable bonds is 10. The van der Waals surface area contributed by atoms with Crippen LogP contribution in [0.15, 0.2) is 91.0 Å². The van der Waals surface area contributed by atoms with Gasteiger partial charge in [-0.25, -0.2) is 0 Å². The van der Waals surface area contributed by atoms with Gasteiger partial charge in [0.25, 0.3) is 0 Å². The molecule has 0 heterocycles. The molecule has 0 spiro atoms. The number of ether oxygens (including phenoxy) is 2. The summed E-state index contributed by atoms with van der Waals surface area (Å²) in [6.45, 7) is 0.